The highest BCUT2D eigenvalue weighted by molar-refractivity contribution is 6.31. The smallest absolute Gasteiger partial charge is 0.417 e. The fourth-order valence-corrected chi connectivity index (χ4v) is 3.59. The number of hydrogen-bond donors (Lipinski definition) is 1. The molecular weight excluding hydrogens is 476 g/mol. The van der Waals surface area contributed by atoms with Crippen molar-refractivity contribution in [3.8, 4) is 11.6 Å². The van der Waals surface area contributed by atoms with Gasteiger partial charge in [0, 0.05) is 16.8 Å². The summed E-state index contributed by atoms with van der Waals surface area (Å²) in [5.41, 5.74) is 0.105. The van der Waals surface area contributed by atoms with E-state index in [0.29, 0.717) is 22.3 Å². The average Bonchev–Trinajstić information content (AvgIpc) is 3.11. The van der Waals surface area contributed by atoms with Gasteiger partial charge in [-0.3, -0.25) is 4.79 Å². The molecule has 0 atom stereocenters. The SMILES string of the molecule is Cc1c(Cl)cccc1NC(=O)COc1cc(C(F)(F)F)c2c(C)nn(-c3cccc(F)c3)c2n1. The number of rotatable bonds is 5. The number of nitrogens with zero attached hydrogens (tertiary/aromatic N) is 3. The molecule has 1 amide bonds. The molecule has 176 valence electrons. The Kier molecular flexibility index (Phi) is 6.18. The van der Waals surface area contributed by atoms with Crippen LogP contribution in [-0.4, -0.2) is 27.3 Å². The van der Waals surface area contributed by atoms with Crippen molar-refractivity contribution in [3.63, 3.8) is 0 Å². The molecule has 11 heteroatoms. The summed E-state index contributed by atoms with van der Waals surface area (Å²) in [7, 11) is 0. The van der Waals surface area contributed by atoms with Crippen LogP contribution in [-0.2, 0) is 11.0 Å². The second kappa shape index (κ2) is 8.94. The van der Waals surface area contributed by atoms with E-state index in [-0.39, 0.29) is 22.4 Å². The molecule has 0 bridgehead atoms. The van der Waals surface area contributed by atoms with Crippen LogP contribution in [0.4, 0.5) is 23.2 Å². The molecule has 2 aromatic heterocycles. The van der Waals surface area contributed by atoms with Crippen molar-refractivity contribution in [2.24, 2.45) is 0 Å². The Morgan fingerprint density at radius 2 is 1.88 bits per heavy atom. The van der Waals surface area contributed by atoms with Gasteiger partial charge in [-0.2, -0.15) is 23.3 Å². The molecule has 2 heterocycles. The number of pyridine rings is 1. The van der Waals surface area contributed by atoms with Crippen molar-refractivity contribution >= 4 is 34.2 Å². The molecule has 1 N–H and O–H groups in total. The Balaban J connectivity index is 1.69. The Bertz CT molecular complexity index is 1400. The number of nitrogens with one attached hydrogen (secondary N) is 1. The van der Waals surface area contributed by atoms with Crippen LogP contribution in [0.5, 0.6) is 5.88 Å². The largest absolute Gasteiger partial charge is 0.467 e. The highest BCUT2D eigenvalue weighted by atomic mass is 35.5. The maximum absolute atomic E-state index is 13.9. The van der Waals surface area contributed by atoms with E-state index in [1.54, 1.807) is 25.1 Å². The Labute approximate surface area is 196 Å². The predicted octanol–water partition coefficient (Wildman–Crippen LogP) is 5.87. The molecule has 0 unspecified atom stereocenters. The summed E-state index contributed by atoms with van der Waals surface area (Å²) in [6.45, 7) is 2.50. The Morgan fingerprint density at radius 3 is 2.59 bits per heavy atom. The highest BCUT2D eigenvalue weighted by Gasteiger charge is 2.36. The lowest BCUT2D eigenvalue weighted by Gasteiger charge is -2.13. The molecule has 0 spiro atoms. The molecule has 4 aromatic rings. The van der Waals surface area contributed by atoms with Crippen molar-refractivity contribution in [2.75, 3.05) is 11.9 Å². The third kappa shape index (κ3) is 4.67. The first-order chi connectivity index (χ1) is 16.0. The number of carbonyl (C=O) groups excluding carboxylic acids is 1. The van der Waals surface area contributed by atoms with Gasteiger partial charge in [0.2, 0.25) is 5.88 Å². The maximum Gasteiger partial charge on any atom is 0.417 e. The quantitative estimate of drug-likeness (QED) is 0.354. The minimum Gasteiger partial charge on any atom is -0.467 e. The number of aromatic nitrogens is 3. The first kappa shape index (κ1) is 23.5. The van der Waals surface area contributed by atoms with Crippen LogP contribution in [0, 0.1) is 19.7 Å². The van der Waals surface area contributed by atoms with E-state index in [9.17, 15) is 22.4 Å². The van der Waals surface area contributed by atoms with Crippen molar-refractivity contribution in [2.45, 2.75) is 20.0 Å². The van der Waals surface area contributed by atoms with Gasteiger partial charge in [0.1, 0.15) is 5.82 Å². The van der Waals surface area contributed by atoms with Crippen molar-refractivity contribution < 1.29 is 27.1 Å². The zero-order valence-electron chi connectivity index (χ0n) is 17.9. The van der Waals surface area contributed by atoms with Crippen molar-refractivity contribution in [3.05, 3.63) is 76.2 Å². The van der Waals surface area contributed by atoms with Crippen LogP contribution in [0.3, 0.4) is 0 Å². The van der Waals surface area contributed by atoms with Crippen LogP contribution in [0.2, 0.25) is 5.02 Å². The van der Waals surface area contributed by atoms with Crippen LogP contribution in [0.15, 0.2) is 48.5 Å². The molecule has 6 nitrogen and oxygen atoms in total. The molecule has 0 aliphatic carbocycles. The van der Waals surface area contributed by atoms with E-state index in [1.807, 2.05) is 0 Å². The van der Waals surface area contributed by atoms with Crippen molar-refractivity contribution in [1.29, 1.82) is 0 Å². The van der Waals surface area contributed by atoms with E-state index in [4.69, 9.17) is 16.3 Å². The molecule has 34 heavy (non-hydrogen) atoms. The van der Waals surface area contributed by atoms with Gasteiger partial charge in [-0.1, -0.05) is 23.7 Å². The minimum atomic E-state index is -4.75. The number of benzene rings is 2. The zero-order chi connectivity index (χ0) is 24.6. The highest BCUT2D eigenvalue weighted by Crippen LogP contribution is 2.38. The number of aryl methyl sites for hydroxylation is 1. The fourth-order valence-electron chi connectivity index (χ4n) is 3.42. The fraction of sp³-hybridized carbons (Fsp3) is 0.174. The molecule has 2 aromatic carbocycles. The lowest BCUT2D eigenvalue weighted by Crippen LogP contribution is -2.21. The summed E-state index contributed by atoms with van der Waals surface area (Å²) in [5.74, 6) is -1.64. The normalized spacial score (nSPS) is 11.6. The molecule has 4 rings (SSSR count). The lowest BCUT2D eigenvalue weighted by molar-refractivity contribution is -0.136. The second-order valence-electron chi connectivity index (χ2n) is 7.43. The Hall–Kier alpha value is -3.66. The third-order valence-electron chi connectivity index (χ3n) is 5.04. The first-order valence-corrected chi connectivity index (χ1v) is 10.3. The van der Waals surface area contributed by atoms with Gasteiger partial charge in [-0.15, -0.1) is 0 Å². The molecule has 0 aliphatic rings. The summed E-state index contributed by atoms with van der Waals surface area (Å²) in [6.07, 6.45) is -4.75. The van der Waals surface area contributed by atoms with E-state index < -0.39 is 36.0 Å². The van der Waals surface area contributed by atoms with E-state index >= 15 is 0 Å². The van der Waals surface area contributed by atoms with Crippen molar-refractivity contribution in [1.82, 2.24) is 14.8 Å². The van der Waals surface area contributed by atoms with Gasteiger partial charge in [-0.25, -0.2) is 9.07 Å². The van der Waals surface area contributed by atoms with E-state index in [0.717, 1.165) is 10.7 Å². The van der Waals surface area contributed by atoms with E-state index in [2.05, 4.69) is 15.4 Å². The number of ether oxygens (including phenoxy) is 1. The topological polar surface area (TPSA) is 69.0 Å². The molecule has 0 saturated heterocycles. The van der Waals surface area contributed by atoms with Crippen LogP contribution < -0.4 is 10.1 Å². The summed E-state index contributed by atoms with van der Waals surface area (Å²) < 4.78 is 61.7. The minimum absolute atomic E-state index is 0.0554. The number of amides is 1. The van der Waals surface area contributed by atoms with Gasteiger partial charge >= 0.3 is 6.18 Å². The second-order valence-corrected chi connectivity index (χ2v) is 7.84. The summed E-state index contributed by atoms with van der Waals surface area (Å²) in [6, 6.07) is 10.9. The number of alkyl halides is 3. The van der Waals surface area contributed by atoms with Gasteiger partial charge in [0.25, 0.3) is 5.91 Å². The number of fused-ring (bicyclic) bond motifs is 1. The molecule has 0 fully saturated rings. The number of halogens is 5. The summed E-state index contributed by atoms with van der Waals surface area (Å²) in [5, 5.41) is 6.92. The standard InChI is InChI=1S/C23H17ClF4N4O2/c1-12-17(24)7-4-8-18(12)29-19(33)11-34-20-10-16(23(26,27)28)21-13(2)31-32(22(21)30-20)15-6-3-5-14(25)9-15/h3-10H,11H2,1-2H3,(H,29,33). The van der Waals surface area contributed by atoms with Crippen LogP contribution in [0.25, 0.3) is 16.7 Å². The zero-order valence-corrected chi connectivity index (χ0v) is 18.6. The van der Waals surface area contributed by atoms with Crippen LogP contribution >= 0.6 is 11.6 Å². The first-order valence-electron chi connectivity index (χ1n) is 9.96. The van der Waals surface area contributed by atoms with Gasteiger partial charge in [-0.05, 0) is 49.7 Å². The summed E-state index contributed by atoms with van der Waals surface area (Å²) in [4.78, 5) is 16.5. The molecule has 0 radical (unpaired) electrons. The van der Waals surface area contributed by atoms with E-state index in [1.165, 1.54) is 25.1 Å². The molecule has 0 saturated carbocycles. The van der Waals surface area contributed by atoms with Gasteiger partial charge < -0.3 is 10.1 Å². The maximum atomic E-state index is 13.9. The van der Waals surface area contributed by atoms with Gasteiger partial charge in [0.15, 0.2) is 12.3 Å². The summed E-state index contributed by atoms with van der Waals surface area (Å²) >= 11 is 6.03. The number of anilines is 1. The van der Waals surface area contributed by atoms with Crippen LogP contribution in [0.1, 0.15) is 16.8 Å². The lowest BCUT2D eigenvalue weighted by atomic mass is 10.1. The third-order valence-corrected chi connectivity index (χ3v) is 5.45. The molecule has 0 aliphatic heterocycles. The Morgan fingerprint density at radius 1 is 1.15 bits per heavy atom. The van der Waals surface area contributed by atoms with Gasteiger partial charge in [0.05, 0.1) is 22.3 Å². The predicted molar refractivity (Wildman–Crippen MR) is 119 cm³/mol. The average molecular weight is 493 g/mol. The number of carbonyl (C=O) groups is 1. The molecular formula is C23H17ClF4N4O2. The number of hydrogen-bond acceptors (Lipinski definition) is 4. The monoisotopic (exact) mass is 492 g/mol.